The topological polar surface area (TPSA) is 70.9 Å². The van der Waals surface area contributed by atoms with Crippen molar-refractivity contribution in [3.63, 3.8) is 0 Å². The molecule has 3 heterocycles. The number of nitrogens with zero attached hydrogens (tertiary/aromatic N) is 5. The van der Waals surface area contributed by atoms with E-state index in [1.54, 1.807) is 6.33 Å². The zero-order valence-corrected chi connectivity index (χ0v) is 17.3. The Bertz CT molecular complexity index is 941. The maximum atomic E-state index is 12.4. The van der Waals surface area contributed by atoms with Crippen LogP contribution in [0.2, 0.25) is 0 Å². The zero-order chi connectivity index (χ0) is 20.4. The van der Waals surface area contributed by atoms with Gasteiger partial charge in [0.2, 0.25) is 5.91 Å². The van der Waals surface area contributed by atoms with Gasteiger partial charge >= 0.3 is 0 Å². The molecule has 0 atom stereocenters. The van der Waals surface area contributed by atoms with Crippen molar-refractivity contribution in [1.82, 2.24) is 14.9 Å². The molecule has 1 aromatic heterocycles. The molecule has 7 heteroatoms. The molecule has 1 saturated heterocycles. The Morgan fingerprint density at radius 1 is 1.17 bits per heavy atom. The van der Waals surface area contributed by atoms with Crippen LogP contribution in [0, 0.1) is 0 Å². The highest BCUT2D eigenvalue weighted by Gasteiger charge is 2.26. The molecular formula is C22H27N5O2. The van der Waals surface area contributed by atoms with Crippen molar-refractivity contribution in [3.8, 4) is 5.75 Å². The lowest BCUT2D eigenvalue weighted by atomic mass is 10.0. The van der Waals surface area contributed by atoms with Crippen molar-refractivity contribution < 1.29 is 9.53 Å². The first-order chi connectivity index (χ1) is 14.0. The summed E-state index contributed by atoms with van der Waals surface area (Å²) >= 11 is 0. The Morgan fingerprint density at radius 3 is 2.79 bits per heavy atom. The molecule has 2 aliphatic rings. The fourth-order valence-corrected chi connectivity index (χ4v) is 3.79. The van der Waals surface area contributed by atoms with Crippen LogP contribution in [-0.4, -0.2) is 58.8 Å². The van der Waals surface area contributed by atoms with Crippen LogP contribution < -0.4 is 9.64 Å². The SMILES string of the molecule is CCCN1CCN(c2cc(C3=NCc4ccc(OC(C)C)cc43)ncn2)CC1=O. The third-order valence-corrected chi connectivity index (χ3v) is 5.15. The predicted octanol–water partition coefficient (Wildman–Crippen LogP) is 2.67. The number of carbonyl (C=O) groups excluding carboxylic acids is 1. The van der Waals surface area contributed by atoms with E-state index in [1.807, 2.05) is 41.8 Å². The summed E-state index contributed by atoms with van der Waals surface area (Å²) in [5.41, 5.74) is 3.85. The zero-order valence-electron chi connectivity index (χ0n) is 17.3. The molecule has 0 aliphatic carbocycles. The van der Waals surface area contributed by atoms with Crippen LogP contribution in [0.4, 0.5) is 5.82 Å². The molecule has 4 rings (SSSR count). The number of piperazine rings is 1. The van der Waals surface area contributed by atoms with E-state index in [1.165, 1.54) is 5.56 Å². The first kappa shape index (κ1) is 19.4. The van der Waals surface area contributed by atoms with Gasteiger partial charge in [0.05, 0.1) is 30.6 Å². The lowest BCUT2D eigenvalue weighted by Crippen LogP contribution is -2.50. The minimum atomic E-state index is 0.115. The Kier molecular flexibility index (Phi) is 5.47. The quantitative estimate of drug-likeness (QED) is 0.755. The summed E-state index contributed by atoms with van der Waals surface area (Å²) in [6.07, 6.45) is 2.65. The first-order valence-corrected chi connectivity index (χ1v) is 10.2. The summed E-state index contributed by atoms with van der Waals surface area (Å²) in [7, 11) is 0. The molecular weight excluding hydrogens is 366 g/mol. The van der Waals surface area contributed by atoms with Gasteiger partial charge in [0.15, 0.2) is 0 Å². The highest BCUT2D eigenvalue weighted by molar-refractivity contribution is 6.14. The molecule has 0 N–H and O–H groups in total. The molecule has 1 aromatic carbocycles. The molecule has 1 amide bonds. The molecule has 0 radical (unpaired) electrons. The molecule has 0 unspecified atom stereocenters. The second kappa shape index (κ2) is 8.19. The minimum absolute atomic E-state index is 0.115. The summed E-state index contributed by atoms with van der Waals surface area (Å²) < 4.78 is 5.85. The molecule has 29 heavy (non-hydrogen) atoms. The summed E-state index contributed by atoms with van der Waals surface area (Å²) in [6, 6.07) is 8.03. The maximum Gasteiger partial charge on any atom is 0.242 e. The number of carbonyl (C=O) groups is 1. The van der Waals surface area contributed by atoms with Gasteiger partial charge in [-0.3, -0.25) is 9.79 Å². The lowest BCUT2D eigenvalue weighted by molar-refractivity contribution is -0.131. The van der Waals surface area contributed by atoms with E-state index >= 15 is 0 Å². The predicted molar refractivity (Wildman–Crippen MR) is 113 cm³/mol. The van der Waals surface area contributed by atoms with E-state index in [4.69, 9.17) is 9.73 Å². The van der Waals surface area contributed by atoms with E-state index in [9.17, 15) is 4.79 Å². The molecule has 0 spiro atoms. The number of ether oxygens (including phenoxy) is 1. The normalized spacial score (nSPS) is 16.3. The second-order valence-electron chi connectivity index (χ2n) is 7.71. The standard InChI is InChI=1S/C22H27N5O2/c1-4-7-26-8-9-27(13-21(26)28)20-11-19(24-14-25-20)22-18-10-17(29-15(2)3)6-5-16(18)12-23-22/h5-6,10-11,14-15H,4,7-9,12-13H2,1-3H3. The first-order valence-electron chi connectivity index (χ1n) is 10.2. The van der Waals surface area contributed by atoms with E-state index < -0.39 is 0 Å². The van der Waals surface area contributed by atoms with Crippen LogP contribution in [0.3, 0.4) is 0 Å². The van der Waals surface area contributed by atoms with Gasteiger partial charge in [-0.25, -0.2) is 9.97 Å². The van der Waals surface area contributed by atoms with Gasteiger partial charge in [0.1, 0.15) is 17.9 Å². The lowest BCUT2D eigenvalue weighted by Gasteiger charge is -2.34. The van der Waals surface area contributed by atoms with Crippen molar-refractivity contribution in [1.29, 1.82) is 0 Å². The molecule has 152 valence electrons. The van der Waals surface area contributed by atoms with Crippen molar-refractivity contribution in [2.75, 3.05) is 31.1 Å². The van der Waals surface area contributed by atoms with Crippen molar-refractivity contribution in [2.24, 2.45) is 4.99 Å². The number of rotatable bonds is 6. The van der Waals surface area contributed by atoms with Crippen LogP contribution in [-0.2, 0) is 11.3 Å². The van der Waals surface area contributed by atoms with Crippen LogP contribution in [0.15, 0.2) is 35.6 Å². The Labute approximate surface area is 171 Å². The van der Waals surface area contributed by atoms with E-state index in [-0.39, 0.29) is 12.0 Å². The fourth-order valence-electron chi connectivity index (χ4n) is 3.79. The van der Waals surface area contributed by atoms with Crippen molar-refractivity contribution >= 4 is 17.4 Å². The third kappa shape index (κ3) is 4.09. The molecule has 7 nitrogen and oxygen atoms in total. The van der Waals surface area contributed by atoms with E-state index in [0.717, 1.165) is 54.6 Å². The smallest absolute Gasteiger partial charge is 0.242 e. The average Bonchev–Trinajstić information content (AvgIpc) is 3.12. The summed E-state index contributed by atoms with van der Waals surface area (Å²) in [4.78, 5) is 29.9. The van der Waals surface area contributed by atoms with Crippen LogP contribution in [0.25, 0.3) is 0 Å². The highest BCUT2D eigenvalue weighted by atomic mass is 16.5. The van der Waals surface area contributed by atoms with Crippen molar-refractivity contribution in [3.05, 3.63) is 47.4 Å². The number of fused-ring (bicyclic) bond motifs is 1. The Hall–Kier alpha value is -2.96. The number of amides is 1. The van der Waals surface area contributed by atoms with Gasteiger partial charge in [-0.05, 0) is 38.0 Å². The van der Waals surface area contributed by atoms with Gasteiger partial charge in [-0.1, -0.05) is 13.0 Å². The van der Waals surface area contributed by atoms with E-state index in [2.05, 4.69) is 23.0 Å². The van der Waals surface area contributed by atoms with Gasteiger partial charge in [-0.15, -0.1) is 0 Å². The number of aliphatic imine (C=N–C) groups is 1. The largest absolute Gasteiger partial charge is 0.491 e. The molecule has 1 fully saturated rings. The van der Waals surface area contributed by atoms with Gasteiger partial charge in [0, 0.05) is 31.3 Å². The average molecular weight is 393 g/mol. The molecule has 0 saturated carbocycles. The number of anilines is 1. The third-order valence-electron chi connectivity index (χ3n) is 5.15. The number of hydrogen-bond donors (Lipinski definition) is 0. The maximum absolute atomic E-state index is 12.4. The summed E-state index contributed by atoms with van der Waals surface area (Å²) in [5, 5.41) is 0. The molecule has 2 aromatic rings. The fraction of sp³-hybridized carbons (Fsp3) is 0.455. The van der Waals surface area contributed by atoms with Crippen LogP contribution >= 0.6 is 0 Å². The minimum Gasteiger partial charge on any atom is -0.491 e. The monoisotopic (exact) mass is 393 g/mol. The summed E-state index contributed by atoms with van der Waals surface area (Å²) in [5.74, 6) is 1.75. The van der Waals surface area contributed by atoms with Crippen molar-refractivity contribution in [2.45, 2.75) is 39.8 Å². The Morgan fingerprint density at radius 2 is 2.03 bits per heavy atom. The van der Waals surface area contributed by atoms with Crippen LogP contribution in [0.5, 0.6) is 5.75 Å². The van der Waals surface area contributed by atoms with E-state index in [0.29, 0.717) is 13.1 Å². The van der Waals surface area contributed by atoms with Gasteiger partial charge in [-0.2, -0.15) is 0 Å². The number of benzene rings is 1. The Balaban J connectivity index is 1.56. The number of aromatic nitrogens is 2. The van der Waals surface area contributed by atoms with Crippen LogP contribution in [0.1, 0.15) is 44.0 Å². The number of hydrogen-bond acceptors (Lipinski definition) is 6. The second-order valence-corrected chi connectivity index (χ2v) is 7.71. The highest BCUT2D eigenvalue weighted by Crippen LogP contribution is 2.28. The van der Waals surface area contributed by atoms with Gasteiger partial charge < -0.3 is 14.5 Å². The summed E-state index contributed by atoms with van der Waals surface area (Å²) in [6.45, 7) is 9.43. The molecule has 0 bridgehead atoms. The van der Waals surface area contributed by atoms with Gasteiger partial charge in [0.25, 0.3) is 0 Å². The molecule has 2 aliphatic heterocycles.